The second kappa shape index (κ2) is 4.67. The first kappa shape index (κ1) is 12.2. The molecule has 0 amide bonds. The molecule has 3 aromatic rings. The maximum absolute atomic E-state index is 11.1. The van der Waals surface area contributed by atoms with Crippen LogP contribution in [-0.4, -0.2) is 22.0 Å². The lowest BCUT2D eigenvalue weighted by Crippen LogP contribution is -2.06. The fourth-order valence-corrected chi connectivity index (χ4v) is 2.43. The van der Waals surface area contributed by atoms with Crippen molar-refractivity contribution >= 4 is 27.0 Å². The Morgan fingerprint density at radius 3 is 3.05 bits per heavy atom. The maximum Gasteiger partial charge on any atom is 0.417 e. The van der Waals surface area contributed by atoms with Crippen molar-refractivity contribution in [3.8, 4) is 11.3 Å². The molecule has 3 rings (SSSR count). The monoisotopic (exact) mass is 322 g/mol. The maximum atomic E-state index is 11.1. The minimum atomic E-state index is -0.453. The number of nitrogens with one attached hydrogen (secondary N) is 3. The zero-order chi connectivity index (χ0) is 13.4. The average molecular weight is 323 g/mol. The van der Waals surface area contributed by atoms with E-state index in [1.807, 2.05) is 13.1 Å². The number of H-pyrrole nitrogens is 2. The average Bonchev–Trinajstić information content (AvgIpc) is 2.90. The number of rotatable bonds is 3. The van der Waals surface area contributed by atoms with Gasteiger partial charge in [0.15, 0.2) is 10.3 Å². The molecule has 0 fully saturated rings. The van der Waals surface area contributed by atoms with Gasteiger partial charge in [-0.2, -0.15) is 0 Å². The van der Waals surface area contributed by atoms with Crippen molar-refractivity contribution in [2.24, 2.45) is 0 Å². The summed E-state index contributed by atoms with van der Waals surface area (Å²) in [6.45, 7) is 0.670. The second-order valence-corrected chi connectivity index (χ2v) is 4.86. The Kier molecular flexibility index (Phi) is 3.00. The molecule has 0 radical (unpaired) electrons. The molecule has 0 atom stereocenters. The highest BCUT2D eigenvalue weighted by Gasteiger charge is 2.12. The topological polar surface area (TPSA) is 86.7 Å². The van der Waals surface area contributed by atoms with Gasteiger partial charge in [0.2, 0.25) is 0 Å². The van der Waals surface area contributed by atoms with Gasteiger partial charge in [0.25, 0.3) is 0 Å². The van der Waals surface area contributed by atoms with Crippen LogP contribution in [0.3, 0.4) is 0 Å². The number of oxazole rings is 1. The predicted molar refractivity (Wildman–Crippen MR) is 74.9 cm³/mol. The Morgan fingerprint density at radius 1 is 1.42 bits per heavy atom. The van der Waals surface area contributed by atoms with Gasteiger partial charge in [-0.1, -0.05) is 6.07 Å². The molecule has 98 valence electrons. The second-order valence-electron chi connectivity index (χ2n) is 4.11. The lowest BCUT2D eigenvalue weighted by Gasteiger charge is -2.01. The molecule has 3 N–H and O–H groups in total. The number of fused-ring (bicyclic) bond motifs is 1. The molecule has 0 bridgehead atoms. The lowest BCUT2D eigenvalue weighted by molar-refractivity contribution is 0.555. The summed E-state index contributed by atoms with van der Waals surface area (Å²) in [7, 11) is 1.87. The molecule has 0 aliphatic heterocycles. The fraction of sp³-hybridized carbons (Fsp3) is 0.167. The van der Waals surface area contributed by atoms with Gasteiger partial charge in [-0.3, -0.25) is 4.98 Å². The highest BCUT2D eigenvalue weighted by molar-refractivity contribution is 9.10. The molecule has 0 unspecified atom stereocenters. The molecule has 19 heavy (non-hydrogen) atoms. The van der Waals surface area contributed by atoms with Gasteiger partial charge in [0, 0.05) is 12.1 Å². The molecule has 0 aliphatic carbocycles. The number of nitrogens with zero attached hydrogens (tertiary/aromatic N) is 1. The first-order valence-corrected chi connectivity index (χ1v) is 6.49. The van der Waals surface area contributed by atoms with Crippen molar-refractivity contribution in [2.45, 2.75) is 6.54 Å². The Hall–Kier alpha value is -1.86. The van der Waals surface area contributed by atoms with E-state index in [1.165, 1.54) is 0 Å². The molecule has 2 heterocycles. The molecular formula is C12H11BrN4O2. The van der Waals surface area contributed by atoms with Crippen LogP contribution >= 0.6 is 15.9 Å². The zero-order valence-electron chi connectivity index (χ0n) is 10.1. The van der Waals surface area contributed by atoms with Crippen LogP contribution in [0.5, 0.6) is 0 Å². The van der Waals surface area contributed by atoms with E-state index in [2.05, 4.69) is 36.2 Å². The van der Waals surface area contributed by atoms with Crippen molar-refractivity contribution < 1.29 is 4.42 Å². The summed E-state index contributed by atoms with van der Waals surface area (Å²) >= 11 is 3.33. The minimum Gasteiger partial charge on any atom is -0.408 e. The van der Waals surface area contributed by atoms with Gasteiger partial charge in [-0.15, -0.1) is 0 Å². The molecule has 0 aliphatic rings. The summed E-state index contributed by atoms with van der Waals surface area (Å²) in [5.41, 5.74) is 3.89. The molecule has 7 heteroatoms. The van der Waals surface area contributed by atoms with E-state index in [1.54, 1.807) is 12.1 Å². The van der Waals surface area contributed by atoms with Crippen LogP contribution < -0.4 is 11.1 Å². The van der Waals surface area contributed by atoms with Crippen LogP contribution in [0.15, 0.2) is 32.1 Å². The third-order valence-corrected chi connectivity index (χ3v) is 3.17. The van der Waals surface area contributed by atoms with Crippen LogP contribution in [-0.2, 0) is 6.54 Å². The normalized spacial score (nSPS) is 11.3. The molecule has 2 aromatic heterocycles. The van der Waals surface area contributed by atoms with Crippen LogP contribution in [0.1, 0.15) is 5.69 Å². The number of hydrogen-bond acceptors (Lipinski definition) is 4. The SMILES string of the molecule is CNCc1[nH]c(Br)nc1-c1ccc2[nH]c(=O)oc2c1. The zero-order valence-corrected chi connectivity index (χ0v) is 11.7. The minimum absolute atomic E-state index is 0.453. The van der Waals surface area contributed by atoms with Gasteiger partial charge >= 0.3 is 5.76 Å². The van der Waals surface area contributed by atoms with E-state index >= 15 is 0 Å². The van der Waals surface area contributed by atoms with Crippen LogP contribution in [0, 0.1) is 0 Å². The highest BCUT2D eigenvalue weighted by Crippen LogP contribution is 2.26. The molecule has 1 aromatic carbocycles. The number of benzene rings is 1. The highest BCUT2D eigenvalue weighted by atomic mass is 79.9. The predicted octanol–water partition coefficient (Wildman–Crippen LogP) is 1.99. The first-order valence-electron chi connectivity index (χ1n) is 5.69. The molecule has 0 saturated carbocycles. The van der Waals surface area contributed by atoms with E-state index < -0.39 is 5.76 Å². The summed E-state index contributed by atoms with van der Waals surface area (Å²) in [5.74, 6) is -0.453. The number of halogens is 1. The lowest BCUT2D eigenvalue weighted by atomic mass is 10.1. The Labute approximate surface area is 116 Å². The van der Waals surface area contributed by atoms with Gasteiger partial charge in [-0.05, 0) is 35.1 Å². The Balaban J connectivity index is 2.15. The molecule has 6 nitrogen and oxygen atoms in total. The van der Waals surface area contributed by atoms with E-state index in [-0.39, 0.29) is 0 Å². The summed E-state index contributed by atoms with van der Waals surface area (Å²) in [4.78, 5) is 21.3. The van der Waals surface area contributed by atoms with Gasteiger partial charge < -0.3 is 14.7 Å². The molecule has 0 spiro atoms. The van der Waals surface area contributed by atoms with Gasteiger partial charge in [0.05, 0.1) is 16.9 Å². The van der Waals surface area contributed by atoms with Crippen LogP contribution in [0.4, 0.5) is 0 Å². The number of hydrogen-bond donors (Lipinski definition) is 3. The summed E-state index contributed by atoms with van der Waals surface area (Å²) in [6, 6.07) is 5.51. The molecule has 0 saturated heterocycles. The smallest absolute Gasteiger partial charge is 0.408 e. The van der Waals surface area contributed by atoms with Crippen molar-refractivity contribution in [1.82, 2.24) is 20.3 Å². The Morgan fingerprint density at radius 2 is 2.26 bits per heavy atom. The van der Waals surface area contributed by atoms with E-state index in [0.717, 1.165) is 17.0 Å². The first-order chi connectivity index (χ1) is 9.17. The van der Waals surface area contributed by atoms with Gasteiger partial charge in [0.1, 0.15) is 0 Å². The van der Waals surface area contributed by atoms with Crippen molar-refractivity contribution in [3.63, 3.8) is 0 Å². The van der Waals surface area contributed by atoms with Crippen LogP contribution in [0.25, 0.3) is 22.4 Å². The number of aromatic amines is 2. The van der Waals surface area contributed by atoms with Crippen molar-refractivity contribution in [3.05, 3.63) is 39.2 Å². The summed E-state index contributed by atoms with van der Waals surface area (Å²) in [6.07, 6.45) is 0. The van der Waals surface area contributed by atoms with E-state index in [4.69, 9.17) is 4.42 Å². The fourth-order valence-electron chi connectivity index (χ4n) is 2.01. The standard InChI is InChI=1S/C12H11BrN4O2/c1-14-5-8-10(17-11(13)15-8)6-2-3-7-9(4-6)19-12(18)16-7/h2-4,14H,5H2,1H3,(H,15,17)(H,16,18). The van der Waals surface area contributed by atoms with E-state index in [0.29, 0.717) is 22.4 Å². The Bertz CT molecular complexity index is 786. The summed E-state index contributed by atoms with van der Waals surface area (Å²) < 4.78 is 5.73. The third-order valence-electron chi connectivity index (χ3n) is 2.80. The molecular weight excluding hydrogens is 312 g/mol. The quantitative estimate of drug-likeness (QED) is 0.688. The number of imidazole rings is 1. The van der Waals surface area contributed by atoms with Crippen molar-refractivity contribution in [1.29, 1.82) is 0 Å². The largest absolute Gasteiger partial charge is 0.417 e. The summed E-state index contributed by atoms with van der Waals surface area (Å²) in [5, 5.41) is 3.08. The van der Waals surface area contributed by atoms with E-state index in [9.17, 15) is 4.79 Å². The number of aromatic nitrogens is 3. The third kappa shape index (κ3) is 2.22. The van der Waals surface area contributed by atoms with Gasteiger partial charge in [-0.25, -0.2) is 9.78 Å². The van der Waals surface area contributed by atoms with Crippen molar-refractivity contribution in [2.75, 3.05) is 7.05 Å². The van der Waals surface area contributed by atoms with Crippen LogP contribution in [0.2, 0.25) is 0 Å².